The Morgan fingerprint density at radius 3 is 2.49 bits per heavy atom. The van der Waals surface area contributed by atoms with Crippen molar-refractivity contribution in [3.63, 3.8) is 0 Å². The minimum atomic E-state index is -0.859. The van der Waals surface area contributed by atoms with E-state index in [1.165, 1.54) is 0 Å². The number of carbonyl (C=O) groups is 3. The van der Waals surface area contributed by atoms with E-state index < -0.39 is 11.9 Å². The maximum Gasteiger partial charge on any atom is 0.303 e. The highest BCUT2D eigenvalue weighted by Crippen LogP contribution is 2.28. The van der Waals surface area contributed by atoms with E-state index >= 15 is 0 Å². The number of methoxy groups -OCH3 is 1. The van der Waals surface area contributed by atoms with E-state index in [0.717, 1.165) is 27.5 Å². The molecule has 0 heterocycles. The molecule has 4 aromatic rings. The number of carboxylic acids is 1. The van der Waals surface area contributed by atoms with Gasteiger partial charge in [0.2, 0.25) is 5.91 Å². The van der Waals surface area contributed by atoms with Gasteiger partial charge in [0.1, 0.15) is 5.75 Å². The van der Waals surface area contributed by atoms with E-state index in [9.17, 15) is 14.4 Å². The van der Waals surface area contributed by atoms with Gasteiger partial charge in [0, 0.05) is 24.2 Å². The molecule has 0 aromatic heterocycles. The minimum Gasteiger partial charge on any atom is -0.497 e. The molecule has 7 nitrogen and oxygen atoms in total. The number of carbonyl (C=O) groups excluding carboxylic acids is 2. The fourth-order valence-corrected chi connectivity index (χ4v) is 4.56. The quantitative estimate of drug-likeness (QED) is 0.226. The number of carboxylic acid groups (broad SMARTS) is 1. The second-order valence-corrected chi connectivity index (χ2v) is 9.43. The third kappa shape index (κ3) is 7.02. The van der Waals surface area contributed by atoms with Crippen LogP contribution in [0.3, 0.4) is 0 Å². The monoisotopic (exact) mass is 524 g/mol. The van der Waals surface area contributed by atoms with Crippen molar-refractivity contribution >= 4 is 34.2 Å². The van der Waals surface area contributed by atoms with Gasteiger partial charge in [-0.3, -0.25) is 14.4 Å². The number of nitrogens with one attached hydrogen (secondary N) is 2. The van der Waals surface area contributed by atoms with Crippen LogP contribution in [-0.2, 0) is 22.6 Å². The molecule has 0 aliphatic carbocycles. The molecular weight excluding hydrogens is 492 g/mol. The van der Waals surface area contributed by atoms with E-state index in [-0.39, 0.29) is 24.8 Å². The van der Waals surface area contributed by atoms with E-state index in [4.69, 9.17) is 9.84 Å². The van der Waals surface area contributed by atoms with Crippen molar-refractivity contribution < 1.29 is 24.2 Å². The summed E-state index contributed by atoms with van der Waals surface area (Å²) in [4.78, 5) is 37.2. The maximum atomic E-state index is 13.4. The normalized spacial score (nSPS) is 11.5. The molecule has 4 rings (SSSR count). The van der Waals surface area contributed by atoms with E-state index in [0.29, 0.717) is 29.8 Å². The van der Waals surface area contributed by atoms with Crippen LogP contribution in [0.5, 0.6) is 5.75 Å². The average Bonchev–Trinajstić information content (AvgIpc) is 2.96. The van der Waals surface area contributed by atoms with Crippen LogP contribution in [0.4, 0.5) is 5.69 Å². The van der Waals surface area contributed by atoms with Gasteiger partial charge in [-0.15, -0.1) is 0 Å². The van der Waals surface area contributed by atoms with Crippen molar-refractivity contribution in [2.75, 3.05) is 12.4 Å². The van der Waals surface area contributed by atoms with Crippen LogP contribution in [0, 0.1) is 0 Å². The standard InChI is InChI=1S/C32H32N2O5/c1-21(27-14-6-9-23-8-3-4-13-28(23)27)31(37)34-29-18-22(16-17-24(29)10-7-15-30(35)36)20-33-32(38)25-11-5-12-26(19-25)39-2/h3-6,8-9,11-14,16-19,21H,7,10,15,20H2,1-2H3,(H,33,38)(H,34,37)(H,35,36). The molecule has 0 aliphatic rings. The fraction of sp³-hybridized carbons (Fsp3) is 0.219. The number of amides is 2. The Morgan fingerprint density at radius 2 is 1.69 bits per heavy atom. The molecule has 0 aliphatic heterocycles. The summed E-state index contributed by atoms with van der Waals surface area (Å²) in [6.07, 6.45) is 0.988. The van der Waals surface area contributed by atoms with Gasteiger partial charge in [-0.05, 0) is 71.5 Å². The summed E-state index contributed by atoms with van der Waals surface area (Å²) in [5.74, 6) is -1.09. The first-order valence-corrected chi connectivity index (χ1v) is 12.9. The minimum absolute atomic E-state index is 0.0398. The number of hydrogen-bond acceptors (Lipinski definition) is 4. The predicted molar refractivity (Wildman–Crippen MR) is 152 cm³/mol. The van der Waals surface area contributed by atoms with Gasteiger partial charge in [0.05, 0.1) is 13.0 Å². The fourth-order valence-electron chi connectivity index (χ4n) is 4.56. The topological polar surface area (TPSA) is 105 Å². The van der Waals surface area contributed by atoms with Gasteiger partial charge < -0.3 is 20.5 Å². The molecule has 3 N–H and O–H groups in total. The lowest BCUT2D eigenvalue weighted by Crippen LogP contribution is -2.23. The highest BCUT2D eigenvalue weighted by Gasteiger charge is 2.19. The molecule has 39 heavy (non-hydrogen) atoms. The summed E-state index contributed by atoms with van der Waals surface area (Å²) in [7, 11) is 1.55. The first-order chi connectivity index (χ1) is 18.9. The molecule has 200 valence electrons. The summed E-state index contributed by atoms with van der Waals surface area (Å²) in [5, 5.41) is 17.1. The van der Waals surface area contributed by atoms with Gasteiger partial charge in [0.25, 0.3) is 5.91 Å². The highest BCUT2D eigenvalue weighted by atomic mass is 16.5. The lowest BCUT2D eigenvalue weighted by atomic mass is 9.94. The molecule has 1 atom stereocenters. The van der Waals surface area contributed by atoms with Gasteiger partial charge in [0.15, 0.2) is 0 Å². The van der Waals surface area contributed by atoms with Crippen LogP contribution >= 0.6 is 0 Å². The zero-order valence-corrected chi connectivity index (χ0v) is 22.1. The molecule has 0 spiro atoms. The molecule has 0 fully saturated rings. The van der Waals surface area contributed by atoms with Crippen molar-refractivity contribution in [1.29, 1.82) is 0 Å². The highest BCUT2D eigenvalue weighted by molar-refractivity contribution is 6.00. The number of aliphatic carboxylic acids is 1. The SMILES string of the molecule is COc1cccc(C(=O)NCc2ccc(CCCC(=O)O)c(NC(=O)C(C)c3cccc4ccccc34)c2)c1. The molecule has 1 unspecified atom stereocenters. The Hall–Kier alpha value is -4.65. The first kappa shape index (κ1) is 27.4. The van der Waals surface area contributed by atoms with Crippen molar-refractivity contribution in [3.8, 4) is 5.75 Å². The zero-order chi connectivity index (χ0) is 27.8. The molecule has 0 saturated heterocycles. The van der Waals surface area contributed by atoms with Crippen LogP contribution in [0.1, 0.15) is 52.7 Å². The van der Waals surface area contributed by atoms with E-state index in [1.807, 2.05) is 67.6 Å². The molecule has 7 heteroatoms. The molecular formula is C32H32N2O5. The molecule has 0 saturated carbocycles. The Balaban J connectivity index is 1.53. The largest absolute Gasteiger partial charge is 0.497 e. The van der Waals surface area contributed by atoms with Crippen LogP contribution < -0.4 is 15.4 Å². The molecule has 0 radical (unpaired) electrons. The molecule has 4 aromatic carbocycles. The second-order valence-electron chi connectivity index (χ2n) is 9.43. The first-order valence-electron chi connectivity index (χ1n) is 12.9. The van der Waals surface area contributed by atoms with Crippen molar-refractivity contribution in [2.24, 2.45) is 0 Å². The smallest absolute Gasteiger partial charge is 0.303 e. The van der Waals surface area contributed by atoms with Crippen LogP contribution in [-0.4, -0.2) is 30.0 Å². The number of aryl methyl sites for hydroxylation is 1. The number of fused-ring (bicyclic) bond motifs is 1. The van der Waals surface area contributed by atoms with Crippen molar-refractivity contribution in [2.45, 2.75) is 38.6 Å². The van der Waals surface area contributed by atoms with Gasteiger partial charge in [-0.2, -0.15) is 0 Å². The third-order valence-corrected chi connectivity index (χ3v) is 6.74. The summed E-state index contributed by atoms with van der Waals surface area (Å²) < 4.78 is 5.20. The number of hydrogen-bond donors (Lipinski definition) is 3. The van der Waals surface area contributed by atoms with Gasteiger partial charge in [-0.25, -0.2) is 0 Å². The van der Waals surface area contributed by atoms with Crippen LogP contribution in [0.25, 0.3) is 10.8 Å². The second kappa shape index (κ2) is 12.7. The number of ether oxygens (including phenoxy) is 1. The van der Waals surface area contributed by atoms with Crippen molar-refractivity contribution in [3.05, 3.63) is 107 Å². The van der Waals surface area contributed by atoms with Gasteiger partial charge in [-0.1, -0.05) is 60.7 Å². The van der Waals surface area contributed by atoms with Crippen LogP contribution in [0.2, 0.25) is 0 Å². The Labute approximate surface area is 227 Å². The summed E-state index contributed by atoms with van der Waals surface area (Å²) in [5.41, 5.74) is 3.68. The van der Waals surface area contributed by atoms with Crippen LogP contribution in [0.15, 0.2) is 84.9 Å². The van der Waals surface area contributed by atoms with E-state index in [1.54, 1.807) is 31.4 Å². The predicted octanol–water partition coefficient (Wildman–Crippen LogP) is 5.93. The zero-order valence-electron chi connectivity index (χ0n) is 22.1. The Bertz CT molecular complexity index is 1490. The van der Waals surface area contributed by atoms with Crippen molar-refractivity contribution in [1.82, 2.24) is 5.32 Å². The number of anilines is 1. The number of benzene rings is 4. The number of rotatable bonds is 11. The molecule has 0 bridgehead atoms. The Morgan fingerprint density at radius 1 is 0.923 bits per heavy atom. The lowest BCUT2D eigenvalue weighted by molar-refractivity contribution is -0.137. The maximum absolute atomic E-state index is 13.4. The summed E-state index contributed by atoms with van der Waals surface area (Å²) in [6, 6.07) is 26.4. The Kier molecular flexibility index (Phi) is 8.94. The van der Waals surface area contributed by atoms with Gasteiger partial charge >= 0.3 is 5.97 Å². The average molecular weight is 525 g/mol. The van der Waals surface area contributed by atoms with E-state index in [2.05, 4.69) is 10.6 Å². The summed E-state index contributed by atoms with van der Waals surface area (Å²) in [6.45, 7) is 2.13. The lowest BCUT2D eigenvalue weighted by Gasteiger charge is -2.18. The third-order valence-electron chi connectivity index (χ3n) is 6.74. The molecule has 2 amide bonds. The summed E-state index contributed by atoms with van der Waals surface area (Å²) >= 11 is 0.